The highest BCUT2D eigenvalue weighted by Crippen LogP contribution is 2.29. The van der Waals surface area contributed by atoms with E-state index in [-0.39, 0.29) is 17.0 Å². The van der Waals surface area contributed by atoms with Crippen molar-refractivity contribution in [2.45, 2.75) is 24.1 Å². The molecule has 26 heavy (non-hydrogen) atoms. The third-order valence-electron chi connectivity index (χ3n) is 3.53. The fraction of sp³-hybridized carbons (Fsp3) is 0.294. The Morgan fingerprint density at radius 2 is 1.65 bits per heavy atom. The summed E-state index contributed by atoms with van der Waals surface area (Å²) in [6.07, 6.45) is -5.76. The van der Waals surface area contributed by atoms with Crippen molar-refractivity contribution in [3.8, 4) is 5.75 Å². The minimum Gasteiger partial charge on any atom is -0.494 e. The number of halogens is 3. The van der Waals surface area contributed by atoms with E-state index in [9.17, 15) is 26.7 Å². The van der Waals surface area contributed by atoms with Crippen LogP contribution >= 0.6 is 0 Å². The Labute approximate surface area is 149 Å². The highest BCUT2D eigenvalue weighted by atomic mass is 32.2. The third-order valence-corrected chi connectivity index (χ3v) is 4.97. The molecule has 0 aliphatic heterocycles. The normalized spacial score (nSPS) is 13.4. The van der Waals surface area contributed by atoms with Gasteiger partial charge in [0, 0.05) is 6.54 Å². The molecule has 0 saturated heterocycles. The summed E-state index contributed by atoms with van der Waals surface area (Å²) in [7, 11) is -3.87. The summed E-state index contributed by atoms with van der Waals surface area (Å²) in [5.41, 5.74) is -0.671. The van der Waals surface area contributed by atoms with E-state index in [1.165, 1.54) is 24.3 Å². The van der Waals surface area contributed by atoms with Gasteiger partial charge >= 0.3 is 6.18 Å². The lowest BCUT2D eigenvalue weighted by Gasteiger charge is -2.14. The van der Waals surface area contributed by atoms with Crippen LogP contribution in [-0.2, 0) is 16.2 Å². The molecule has 0 fully saturated rings. The molecule has 2 aromatic rings. The average molecular weight is 389 g/mol. The Balaban J connectivity index is 2.02. The summed E-state index contributed by atoms with van der Waals surface area (Å²) in [6.45, 7) is 1.87. The predicted molar refractivity (Wildman–Crippen MR) is 89.2 cm³/mol. The van der Waals surface area contributed by atoms with E-state index < -0.39 is 27.9 Å². The first-order chi connectivity index (χ1) is 12.1. The molecule has 0 spiro atoms. The standard InChI is InChI=1S/C17H18F3NO4S/c1-2-25-14-7-9-15(10-8-14)26(23,24)21-11-16(22)12-3-5-13(6-4-12)17(18,19)20/h3-10,16,21-22H,2,11H2,1H3. The first-order valence-electron chi connectivity index (χ1n) is 7.71. The van der Waals surface area contributed by atoms with Gasteiger partial charge in [-0.15, -0.1) is 0 Å². The molecule has 0 saturated carbocycles. The number of aliphatic hydroxyl groups excluding tert-OH is 1. The van der Waals surface area contributed by atoms with Crippen molar-refractivity contribution in [3.05, 3.63) is 59.7 Å². The van der Waals surface area contributed by atoms with Crippen LogP contribution in [-0.4, -0.2) is 26.7 Å². The van der Waals surface area contributed by atoms with Gasteiger partial charge in [-0.2, -0.15) is 13.2 Å². The molecule has 0 aliphatic carbocycles. The lowest BCUT2D eigenvalue weighted by atomic mass is 10.1. The Bertz CT molecular complexity index is 819. The second-order valence-electron chi connectivity index (χ2n) is 5.39. The second kappa shape index (κ2) is 8.07. The molecule has 0 heterocycles. The molecule has 1 atom stereocenters. The first kappa shape index (κ1) is 20.2. The van der Waals surface area contributed by atoms with Gasteiger partial charge in [-0.05, 0) is 48.9 Å². The topological polar surface area (TPSA) is 75.6 Å². The lowest BCUT2D eigenvalue weighted by molar-refractivity contribution is -0.137. The van der Waals surface area contributed by atoms with Crippen LogP contribution in [0.25, 0.3) is 0 Å². The van der Waals surface area contributed by atoms with Gasteiger partial charge in [0.15, 0.2) is 0 Å². The van der Waals surface area contributed by atoms with Gasteiger partial charge < -0.3 is 9.84 Å². The van der Waals surface area contributed by atoms with E-state index in [0.717, 1.165) is 24.3 Å². The zero-order valence-corrected chi connectivity index (χ0v) is 14.6. The first-order valence-corrected chi connectivity index (χ1v) is 9.19. The molecule has 142 valence electrons. The predicted octanol–water partition coefficient (Wildman–Crippen LogP) is 3.12. The zero-order valence-electron chi connectivity index (χ0n) is 13.8. The number of hydrogen-bond donors (Lipinski definition) is 2. The van der Waals surface area contributed by atoms with Crippen LogP contribution < -0.4 is 9.46 Å². The van der Waals surface area contributed by atoms with Gasteiger partial charge in [-0.25, -0.2) is 13.1 Å². The quantitative estimate of drug-likeness (QED) is 0.763. The monoisotopic (exact) mass is 389 g/mol. The number of rotatable bonds is 7. The van der Waals surface area contributed by atoms with Gasteiger partial charge in [-0.3, -0.25) is 0 Å². The number of benzene rings is 2. The number of sulfonamides is 1. The maximum Gasteiger partial charge on any atom is 0.416 e. The smallest absolute Gasteiger partial charge is 0.416 e. The molecule has 0 bridgehead atoms. The Hall–Kier alpha value is -2.10. The molecule has 1 unspecified atom stereocenters. The second-order valence-corrected chi connectivity index (χ2v) is 7.16. The molecular weight excluding hydrogens is 371 g/mol. The maximum atomic E-state index is 12.5. The highest BCUT2D eigenvalue weighted by molar-refractivity contribution is 7.89. The van der Waals surface area contributed by atoms with Crippen molar-refractivity contribution in [3.63, 3.8) is 0 Å². The van der Waals surface area contributed by atoms with Crippen molar-refractivity contribution in [2.75, 3.05) is 13.2 Å². The van der Waals surface area contributed by atoms with E-state index in [0.29, 0.717) is 12.4 Å². The molecule has 0 amide bonds. The van der Waals surface area contributed by atoms with Gasteiger partial charge in [0.25, 0.3) is 0 Å². The summed E-state index contributed by atoms with van der Waals surface area (Å²) in [4.78, 5) is -0.0134. The number of nitrogens with one attached hydrogen (secondary N) is 1. The maximum absolute atomic E-state index is 12.5. The molecule has 0 radical (unpaired) electrons. The minimum absolute atomic E-state index is 0.0134. The molecular formula is C17H18F3NO4S. The zero-order chi connectivity index (χ0) is 19.4. The van der Waals surface area contributed by atoms with Crippen LogP contribution in [0, 0.1) is 0 Å². The molecule has 2 rings (SSSR count). The van der Waals surface area contributed by atoms with Crippen molar-refractivity contribution < 1.29 is 31.4 Å². The van der Waals surface area contributed by atoms with Gasteiger partial charge in [0.2, 0.25) is 10.0 Å². The molecule has 0 aromatic heterocycles. The van der Waals surface area contributed by atoms with Crippen LogP contribution in [0.2, 0.25) is 0 Å². The van der Waals surface area contributed by atoms with Crippen LogP contribution in [0.15, 0.2) is 53.4 Å². The molecule has 0 aliphatic rings. The van der Waals surface area contributed by atoms with Gasteiger partial charge in [-0.1, -0.05) is 12.1 Å². The minimum atomic E-state index is -4.47. The number of aliphatic hydroxyl groups is 1. The largest absolute Gasteiger partial charge is 0.494 e. The van der Waals surface area contributed by atoms with Crippen molar-refractivity contribution in [2.24, 2.45) is 0 Å². The fourth-order valence-corrected chi connectivity index (χ4v) is 3.20. The third kappa shape index (κ3) is 5.20. The van der Waals surface area contributed by atoms with Gasteiger partial charge in [0.05, 0.1) is 23.2 Å². The summed E-state index contributed by atoms with van der Waals surface area (Å²) in [5.74, 6) is 0.524. The Kier molecular flexibility index (Phi) is 6.27. The Morgan fingerprint density at radius 1 is 1.08 bits per heavy atom. The summed E-state index contributed by atoms with van der Waals surface area (Å²) in [6, 6.07) is 9.61. The Morgan fingerprint density at radius 3 is 2.15 bits per heavy atom. The summed E-state index contributed by atoms with van der Waals surface area (Å²) >= 11 is 0. The van der Waals surface area contributed by atoms with E-state index in [1.54, 1.807) is 6.92 Å². The van der Waals surface area contributed by atoms with Crippen molar-refractivity contribution >= 4 is 10.0 Å². The number of ether oxygens (including phenoxy) is 1. The van der Waals surface area contributed by atoms with Crippen LogP contribution in [0.4, 0.5) is 13.2 Å². The molecule has 2 N–H and O–H groups in total. The molecule has 5 nitrogen and oxygen atoms in total. The molecule has 9 heteroatoms. The van der Waals surface area contributed by atoms with Crippen LogP contribution in [0.3, 0.4) is 0 Å². The van der Waals surface area contributed by atoms with E-state index in [1.807, 2.05) is 0 Å². The molecule has 2 aromatic carbocycles. The van der Waals surface area contributed by atoms with Gasteiger partial charge in [0.1, 0.15) is 5.75 Å². The fourth-order valence-electron chi connectivity index (χ4n) is 2.17. The van der Waals surface area contributed by atoms with E-state index >= 15 is 0 Å². The lowest BCUT2D eigenvalue weighted by Crippen LogP contribution is -2.28. The summed E-state index contributed by atoms with van der Waals surface area (Å²) < 4.78 is 69.5. The van der Waals surface area contributed by atoms with E-state index in [2.05, 4.69) is 4.72 Å². The number of alkyl halides is 3. The van der Waals surface area contributed by atoms with Crippen molar-refractivity contribution in [1.29, 1.82) is 0 Å². The average Bonchev–Trinajstić information content (AvgIpc) is 2.60. The highest BCUT2D eigenvalue weighted by Gasteiger charge is 2.30. The van der Waals surface area contributed by atoms with Crippen LogP contribution in [0.5, 0.6) is 5.75 Å². The van der Waals surface area contributed by atoms with Crippen molar-refractivity contribution in [1.82, 2.24) is 4.72 Å². The summed E-state index contributed by atoms with van der Waals surface area (Å²) in [5, 5.41) is 10.0. The SMILES string of the molecule is CCOc1ccc(S(=O)(=O)NCC(O)c2ccc(C(F)(F)F)cc2)cc1. The van der Waals surface area contributed by atoms with Crippen LogP contribution in [0.1, 0.15) is 24.2 Å². The number of hydrogen-bond acceptors (Lipinski definition) is 4. The van der Waals surface area contributed by atoms with E-state index in [4.69, 9.17) is 4.74 Å².